The molecule has 0 radical (unpaired) electrons. The van der Waals surface area contributed by atoms with Crippen LogP contribution < -0.4 is 9.64 Å². The zero-order valence-electron chi connectivity index (χ0n) is 14.0. The van der Waals surface area contributed by atoms with E-state index in [0.717, 1.165) is 30.8 Å². The number of unbranched alkanes of at least 4 members (excludes halogenated alkanes) is 1. The number of benzene rings is 2. The van der Waals surface area contributed by atoms with E-state index in [2.05, 4.69) is 36.1 Å². The minimum absolute atomic E-state index is 0.138. The first kappa shape index (κ1) is 15.7. The molecule has 0 bridgehead atoms. The summed E-state index contributed by atoms with van der Waals surface area (Å²) in [6.45, 7) is 3.05. The van der Waals surface area contributed by atoms with Crippen molar-refractivity contribution >= 4 is 5.69 Å². The smallest absolute Gasteiger partial charge is 0.143 e. The second-order valence-electron chi connectivity index (χ2n) is 6.40. The molecule has 0 fully saturated rings. The zero-order chi connectivity index (χ0) is 16.2. The van der Waals surface area contributed by atoms with Crippen LogP contribution in [0, 0.1) is 0 Å². The predicted octanol–water partition coefficient (Wildman–Crippen LogP) is 4.17. The minimum Gasteiger partial charge on any atom is -0.508 e. The maximum Gasteiger partial charge on any atom is 0.143 e. The number of aromatic hydroxyl groups is 1. The quantitative estimate of drug-likeness (QED) is 0.899. The van der Waals surface area contributed by atoms with Gasteiger partial charge in [-0.25, -0.2) is 0 Å². The van der Waals surface area contributed by atoms with Crippen molar-refractivity contribution in [2.75, 3.05) is 18.5 Å². The molecule has 1 N–H and O–H groups in total. The first-order valence-electron chi connectivity index (χ1n) is 8.44. The van der Waals surface area contributed by atoms with E-state index in [9.17, 15) is 5.11 Å². The summed E-state index contributed by atoms with van der Waals surface area (Å²) in [4.78, 5) is 2.15. The van der Waals surface area contributed by atoms with Crippen LogP contribution in [0.4, 0.5) is 5.69 Å². The summed E-state index contributed by atoms with van der Waals surface area (Å²) in [5.41, 5.74) is 3.68. The zero-order valence-corrected chi connectivity index (χ0v) is 14.0. The Morgan fingerprint density at radius 2 is 1.87 bits per heavy atom. The van der Waals surface area contributed by atoms with E-state index in [0.29, 0.717) is 0 Å². The normalized spacial score (nSPS) is 16.8. The van der Waals surface area contributed by atoms with Crippen LogP contribution in [0.5, 0.6) is 11.5 Å². The predicted molar refractivity (Wildman–Crippen MR) is 94.6 cm³/mol. The van der Waals surface area contributed by atoms with Crippen LogP contribution in [-0.2, 0) is 12.8 Å². The van der Waals surface area contributed by atoms with Crippen molar-refractivity contribution in [1.82, 2.24) is 0 Å². The molecule has 3 heteroatoms. The Labute approximate surface area is 138 Å². The van der Waals surface area contributed by atoms with Gasteiger partial charge in [-0.2, -0.15) is 0 Å². The Bertz CT molecular complexity index is 651. The number of phenols is 1. The first-order valence-corrected chi connectivity index (χ1v) is 8.44. The van der Waals surface area contributed by atoms with Crippen molar-refractivity contribution in [3.63, 3.8) is 0 Å². The lowest BCUT2D eigenvalue weighted by molar-refractivity contribution is 0.196. The standard InChI is InChI=1S/C20H25NO2/c1-3-4-5-15-6-8-16(9-7-15)12-18-14-21(2)19-13-17(22)10-11-20(19)23-18/h6-11,13,18,22H,3-5,12,14H2,1-2H3. The van der Waals surface area contributed by atoms with Crippen LogP contribution >= 0.6 is 0 Å². The molecular weight excluding hydrogens is 286 g/mol. The lowest BCUT2D eigenvalue weighted by atomic mass is 10.0. The number of rotatable bonds is 5. The fraction of sp³-hybridized carbons (Fsp3) is 0.400. The highest BCUT2D eigenvalue weighted by Gasteiger charge is 2.23. The molecule has 0 saturated carbocycles. The molecule has 2 aromatic rings. The molecule has 3 nitrogen and oxygen atoms in total. The third-order valence-corrected chi connectivity index (χ3v) is 4.43. The molecule has 1 heterocycles. The van der Waals surface area contributed by atoms with E-state index in [1.54, 1.807) is 12.1 Å². The number of hydrogen-bond acceptors (Lipinski definition) is 3. The Kier molecular flexibility index (Phi) is 4.75. The van der Waals surface area contributed by atoms with Gasteiger partial charge in [-0.3, -0.25) is 0 Å². The summed E-state index contributed by atoms with van der Waals surface area (Å²) >= 11 is 0. The van der Waals surface area contributed by atoms with Crippen LogP contribution in [0.15, 0.2) is 42.5 Å². The maximum absolute atomic E-state index is 9.61. The van der Waals surface area contributed by atoms with Gasteiger partial charge in [0.25, 0.3) is 0 Å². The summed E-state index contributed by atoms with van der Waals surface area (Å²) in [6.07, 6.45) is 4.69. The Balaban J connectivity index is 1.66. The van der Waals surface area contributed by atoms with Crippen LogP contribution in [0.25, 0.3) is 0 Å². The highest BCUT2D eigenvalue weighted by molar-refractivity contribution is 5.62. The van der Waals surface area contributed by atoms with Gasteiger partial charge >= 0.3 is 0 Å². The molecule has 122 valence electrons. The Morgan fingerprint density at radius 1 is 1.13 bits per heavy atom. The van der Waals surface area contributed by atoms with Gasteiger partial charge in [0.15, 0.2) is 0 Å². The average molecular weight is 311 g/mol. The third-order valence-electron chi connectivity index (χ3n) is 4.43. The number of hydrogen-bond donors (Lipinski definition) is 1. The largest absolute Gasteiger partial charge is 0.508 e. The summed E-state index contributed by atoms with van der Waals surface area (Å²) in [6, 6.07) is 14.2. The second kappa shape index (κ2) is 6.95. The Hall–Kier alpha value is -2.16. The number of fused-ring (bicyclic) bond motifs is 1. The van der Waals surface area contributed by atoms with E-state index in [4.69, 9.17) is 4.74 Å². The average Bonchev–Trinajstić information content (AvgIpc) is 2.55. The van der Waals surface area contributed by atoms with Gasteiger partial charge in [-0.15, -0.1) is 0 Å². The van der Waals surface area contributed by atoms with Gasteiger partial charge in [0.1, 0.15) is 17.6 Å². The van der Waals surface area contributed by atoms with Crippen LogP contribution in [0.1, 0.15) is 30.9 Å². The molecule has 0 spiro atoms. The number of likely N-dealkylation sites (N-methyl/N-ethyl adjacent to an activating group) is 1. The number of aryl methyl sites for hydroxylation is 1. The summed E-state index contributed by atoms with van der Waals surface area (Å²) in [7, 11) is 2.04. The summed E-state index contributed by atoms with van der Waals surface area (Å²) < 4.78 is 6.10. The van der Waals surface area contributed by atoms with Crippen LogP contribution in [-0.4, -0.2) is 24.8 Å². The molecule has 0 aromatic heterocycles. The van der Waals surface area contributed by atoms with Crippen molar-refractivity contribution in [1.29, 1.82) is 0 Å². The van der Waals surface area contributed by atoms with Crippen molar-refractivity contribution in [3.05, 3.63) is 53.6 Å². The summed E-state index contributed by atoms with van der Waals surface area (Å²) in [5.74, 6) is 1.13. The van der Waals surface area contributed by atoms with E-state index < -0.39 is 0 Å². The second-order valence-corrected chi connectivity index (χ2v) is 6.40. The van der Waals surface area contributed by atoms with Gasteiger partial charge in [-0.05, 0) is 36.1 Å². The molecule has 1 aliphatic rings. The molecule has 3 rings (SSSR count). The summed E-state index contributed by atoms with van der Waals surface area (Å²) in [5, 5.41) is 9.61. The van der Waals surface area contributed by atoms with Crippen molar-refractivity contribution in [2.24, 2.45) is 0 Å². The lowest BCUT2D eigenvalue weighted by Gasteiger charge is -2.34. The van der Waals surface area contributed by atoms with Gasteiger partial charge in [-0.1, -0.05) is 37.6 Å². The lowest BCUT2D eigenvalue weighted by Crippen LogP contribution is -2.38. The van der Waals surface area contributed by atoms with E-state index >= 15 is 0 Å². The van der Waals surface area contributed by atoms with E-state index in [-0.39, 0.29) is 11.9 Å². The van der Waals surface area contributed by atoms with Crippen LogP contribution in [0.3, 0.4) is 0 Å². The molecule has 1 atom stereocenters. The topological polar surface area (TPSA) is 32.7 Å². The minimum atomic E-state index is 0.138. The molecule has 0 saturated heterocycles. The van der Waals surface area contributed by atoms with Crippen molar-refractivity contribution < 1.29 is 9.84 Å². The molecule has 0 amide bonds. The van der Waals surface area contributed by atoms with Gasteiger partial charge < -0.3 is 14.7 Å². The molecule has 2 aromatic carbocycles. The van der Waals surface area contributed by atoms with E-state index in [1.807, 2.05) is 13.1 Å². The monoisotopic (exact) mass is 311 g/mol. The number of phenolic OH excluding ortho intramolecular Hbond substituents is 1. The molecule has 1 unspecified atom stereocenters. The third kappa shape index (κ3) is 3.79. The van der Waals surface area contributed by atoms with Gasteiger partial charge in [0, 0.05) is 19.5 Å². The van der Waals surface area contributed by atoms with Crippen molar-refractivity contribution in [3.8, 4) is 11.5 Å². The first-order chi connectivity index (χ1) is 11.2. The Morgan fingerprint density at radius 3 is 2.61 bits per heavy atom. The SMILES string of the molecule is CCCCc1ccc(CC2CN(C)c3cc(O)ccc3O2)cc1. The maximum atomic E-state index is 9.61. The van der Waals surface area contributed by atoms with Gasteiger partial charge in [0.05, 0.1) is 12.2 Å². The number of anilines is 1. The van der Waals surface area contributed by atoms with Crippen LogP contribution in [0.2, 0.25) is 0 Å². The number of nitrogens with zero attached hydrogens (tertiary/aromatic N) is 1. The molecular formula is C20H25NO2. The molecule has 0 aliphatic carbocycles. The highest BCUT2D eigenvalue weighted by Crippen LogP contribution is 2.35. The molecule has 23 heavy (non-hydrogen) atoms. The fourth-order valence-corrected chi connectivity index (χ4v) is 3.12. The van der Waals surface area contributed by atoms with Crippen molar-refractivity contribution in [2.45, 2.75) is 38.7 Å². The molecule has 1 aliphatic heterocycles. The number of ether oxygens (including phenoxy) is 1. The highest BCUT2D eigenvalue weighted by atomic mass is 16.5. The van der Waals surface area contributed by atoms with Gasteiger partial charge in [0.2, 0.25) is 0 Å². The fourth-order valence-electron chi connectivity index (χ4n) is 3.12. The van der Waals surface area contributed by atoms with E-state index in [1.165, 1.54) is 24.0 Å².